The van der Waals surface area contributed by atoms with Gasteiger partial charge in [-0.3, -0.25) is 9.59 Å². The summed E-state index contributed by atoms with van der Waals surface area (Å²) in [5.74, 6) is -0.533. The molecule has 1 fully saturated rings. The van der Waals surface area contributed by atoms with E-state index in [1.165, 1.54) is 13.8 Å². The number of rotatable bonds is 5. The molecule has 0 saturated carbocycles. The third kappa shape index (κ3) is 5.21. The second kappa shape index (κ2) is 8.85. The highest BCUT2D eigenvalue weighted by molar-refractivity contribution is 5.82. The van der Waals surface area contributed by atoms with Gasteiger partial charge in [0.2, 0.25) is 5.91 Å². The summed E-state index contributed by atoms with van der Waals surface area (Å²) in [6.45, 7) is 4.46. The predicted octanol–water partition coefficient (Wildman–Crippen LogP) is 0.559. The molecule has 1 saturated heterocycles. The number of piperazine rings is 1. The first-order valence-corrected chi connectivity index (χ1v) is 8.27. The van der Waals surface area contributed by atoms with Crippen LogP contribution in [0.2, 0.25) is 0 Å². The lowest BCUT2D eigenvalue weighted by Gasteiger charge is -2.34. The highest BCUT2D eigenvalue weighted by atomic mass is 16.6. The molecule has 138 valence electrons. The molecule has 0 aliphatic carbocycles. The Labute approximate surface area is 151 Å². The third-order valence-corrected chi connectivity index (χ3v) is 4.04. The first-order chi connectivity index (χ1) is 12.4. The maximum absolute atomic E-state index is 12.1. The van der Waals surface area contributed by atoms with Crippen LogP contribution in [0.15, 0.2) is 24.3 Å². The Hall–Kier alpha value is -3.08. The minimum atomic E-state index is -0.884. The smallest absolute Gasteiger partial charge is 0.347 e. The summed E-state index contributed by atoms with van der Waals surface area (Å²) in [7, 11) is 0. The second-order valence-corrected chi connectivity index (χ2v) is 5.89. The highest BCUT2D eigenvalue weighted by Crippen LogP contribution is 2.14. The van der Waals surface area contributed by atoms with E-state index in [2.05, 4.69) is 0 Å². The molecule has 1 atom stereocenters. The van der Waals surface area contributed by atoms with Gasteiger partial charge in [-0.15, -0.1) is 0 Å². The summed E-state index contributed by atoms with van der Waals surface area (Å²) in [4.78, 5) is 38.6. The fraction of sp³-hybridized carbons (Fsp3) is 0.444. The van der Waals surface area contributed by atoms with Crippen LogP contribution in [0.3, 0.4) is 0 Å². The van der Waals surface area contributed by atoms with E-state index < -0.39 is 12.1 Å². The Kier molecular flexibility index (Phi) is 6.55. The molecule has 1 aromatic carbocycles. The molecule has 2 rings (SSSR count). The molecular weight excluding hydrogens is 338 g/mol. The normalized spacial score (nSPS) is 15.0. The zero-order valence-corrected chi connectivity index (χ0v) is 14.8. The number of carbonyl (C=O) groups excluding carboxylic acids is 3. The average molecular weight is 359 g/mol. The molecule has 1 aliphatic heterocycles. The minimum absolute atomic E-state index is 0.0164. The van der Waals surface area contributed by atoms with E-state index in [1.54, 1.807) is 34.1 Å². The number of ether oxygens (including phenoxy) is 2. The van der Waals surface area contributed by atoms with Gasteiger partial charge in [-0.05, 0) is 31.2 Å². The fourth-order valence-electron chi connectivity index (χ4n) is 2.47. The molecule has 8 nitrogen and oxygen atoms in total. The highest BCUT2D eigenvalue weighted by Gasteiger charge is 2.24. The van der Waals surface area contributed by atoms with E-state index in [0.717, 1.165) is 0 Å². The summed E-state index contributed by atoms with van der Waals surface area (Å²) in [5.41, 5.74) is 0.489. The summed E-state index contributed by atoms with van der Waals surface area (Å²) < 4.78 is 10.5. The van der Waals surface area contributed by atoms with E-state index in [1.807, 2.05) is 6.07 Å². The van der Waals surface area contributed by atoms with E-state index in [9.17, 15) is 14.4 Å². The molecule has 26 heavy (non-hydrogen) atoms. The molecule has 1 aromatic rings. The fourth-order valence-corrected chi connectivity index (χ4v) is 2.47. The van der Waals surface area contributed by atoms with Crippen molar-refractivity contribution in [3.05, 3.63) is 29.8 Å². The number of benzene rings is 1. The molecular formula is C18H21N3O5. The van der Waals surface area contributed by atoms with Gasteiger partial charge in [-0.1, -0.05) is 0 Å². The number of hydrogen-bond donors (Lipinski definition) is 0. The maximum atomic E-state index is 12.1. The lowest BCUT2D eigenvalue weighted by atomic mass is 10.2. The zero-order chi connectivity index (χ0) is 19.1. The Morgan fingerprint density at radius 3 is 2.23 bits per heavy atom. The van der Waals surface area contributed by atoms with E-state index in [4.69, 9.17) is 14.7 Å². The van der Waals surface area contributed by atoms with Gasteiger partial charge in [0, 0.05) is 33.1 Å². The molecule has 1 heterocycles. The van der Waals surface area contributed by atoms with Gasteiger partial charge in [0.25, 0.3) is 5.91 Å². The molecule has 2 amide bonds. The van der Waals surface area contributed by atoms with Gasteiger partial charge in [0.1, 0.15) is 5.75 Å². The summed E-state index contributed by atoms with van der Waals surface area (Å²) in [6.07, 6.45) is -0.884. The van der Waals surface area contributed by atoms with Crippen LogP contribution < -0.4 is 4.74 Å². The van der Waals surface area contributed by atoms with Crippen LogP contribution in [0.1, 0.15) is 19.4 Å². The number of carbonyl (C=O) groups is 3. The van der Waals surface area contributed by atoms with E-state index in [0.29, 0.717) is 37.5 Å². The van der Waals surface area contributed by atoms with Crippen LogP contribution in [0, 0.1) is 11.3 Å². The van der Waals surface area contributed by atoms with Crippen LogP contribution >= 0.6 is 0 Å². The van der Waals surface area contributed by atoms with Crippen molar-refractivity contribution in [2.75, 3.05) is 32.8 Å². The Morgan fingerprint density at radius 1 is 1.12 bits per heavy atom. The van der Waals surface area contributed by atoms with Crippen LogP contribution in [0.5, 0.6) is 5.75 Å². The molecule has 0 radical (unpaired) electrons. The van der Waals surface area contributed by atoms with Crippen LogP contribution in [-0.2, 0) is 19.1 Å². The molecule has 1 aliphatic rings. The molecule has 8 heteroatoms. The first-order valence-electron chi connectivity index (χ1n) is 8.27. The van der Waals surface area contributed by atoms with Crippen LogP contribution in [0.25, 0.3) is 0 Å². The SMILES string of the molecule is CC(=O)N1CCN(C(=O)COC(=O)[C@@H](C)Oc2ccc(C#N)cc2)CC1. The van der Waals surface area contributed by atoms with Gasteiger partial charge in [0.15, 0.2) is 12.7 Å². The van der Waals surface area contributed by atoms with Crippen molar-refractivity contribution < 1.29 is 23.9 Å². The predicted molar refractivity (Wildman–Crippen MR) is 91.0 cm³/mol. The van der Waals surface area contributed by atoms with Crippen molar-refractivity contribution in [3.63, 3.8) is 0 Å². The summed E-state index contributed by atoms with van der Waals surface area (Å²) in [5, 5.41) is 8.75. The topological polar surface area (TPSA) is 99.9 Å². The Bertz CT molecular complexity index is 703. The van der Waals surface area contributed by atoms with Gasteiger partial charge >= 0.3 is 5.97 Å². The van der Waals surface area contributed by atoms with Crippen LogP contribution in [0.4, 0.5) is 0 Å². The van der Waals surface area contributed by atoms with Crippen molar-refractivity contribution >= 4 is 17.8 Å². The number of nitriles is 1. The van der Waals surface area contributed by atoms with Crippen LogP contribution in [-0.4, -0.2) is 66.5 Å². The molecule has 0 aromatic heterocycles. The average Bonchev–Trinajstić information content (AvgIpc) is 2.66. The summed E-state index contributed by atoms with van der Waals surface area (Å²) >= 11 is 0. The van der Waals surface area contributed by atoms with Crippen molar-refractivity contribution in [2.24, 2.45) is 0 Å². The van der Waals surface area contributed by atoms with Gasteiger partial charge < -0.3 is 19.3 Å². The van der Waals surface area contributed by atoms with Crippen molar-refractivity contribution in [1.82, 2.24) is 9.80 Å². The third-order valence-electron chi connectivity index (χ3n) is 4.04. The molecule has 0 spiro atoms. The number of amides is 2. The Balaban J connectivity index is 1.75. The van der Waals surface area contributed by atoms with Gasteiger partial charge in [-0.25, -0.2) is 4.79 Å². The minimum Gasteiger partial charge on any atom is -0.479 e. The maximum Gasteiger partial charge on any atom is 0.347 e. The van der Waals surface area contributed by atoms with E-state index in [-0.39, 0.29) is 18.4 Å². The summed E-state index contributed by atoms with van der Waals surface area (Å²) in [6, 6.07) is 8.32. The van der Waals surface area contributed by atoms with Crippen molar-refractivity contribution in [1.29, 1.82) is 5.26 Å². The number of hydrogen-bond acceptors (Lipinski definition) is 6. The number of nitrogens with zero attached hydrogens (tertiary/aromatic N) is 3. The molecule has 0 bridgehead atoms. The Morgan fingerprint density at radius 2 is 1.69 bits per heavy atom. The quantitative estimate of drug-likeness (QED) is 0.712. The lowest BCUT2D eigenvalue weighted by molar-refractivity contribution is -0.158. The monoisotopic (exact) mass is 359 g/mol. The second-order valence-electron chi connectivity index (χ2n) is 5.89. The standard InChI is InChI=1S/C18H21N3O5/c1-13(26-16-5-3-15(11-19)4-6-16)18(24)25-12-17(23)21-9-7-20(8-10-21)14(2)22/h3-6,13H,7-10,12H2,1-2H3/t13-/m1/s1. The van der Waals surface area contributed by atoms with Gasteiger partial charge in [0.05, 0.1) is 11.6 Å². The lowest BCUT2D eigenvalue weighted by Crippen LogP contribution is -2.51. The largest absolute Gasteiger partial charge is 0.479 e. The van der Waals surface area contributed by atoms with Crippen molar-refractivity contribution in [3.8, 4) is 11.8 Å². The number of esters is 1. The first kappa shape index (κ1) is 19.2. The van der Waals surface area contributed by atoms with Gasteiger partial charge in [-0.2, -0.15) is 5.26 Å². The zero-order valence-electron chi connectivity index (χ0n) is 14.8. The van der Waals surface area contributed by atoms with E-state index >= 15 is 0 Å². The molecule has 0 N–H and O–H groups in total. The molecule has 0 unspecified atom stereocenters. The van der Waals surface area contributed by atoms with Crippen molar-refractivity contribution in [2.45, 2.75) is 20.0 Å².